The van der Waals surface area contributed by atoms with Gasteiger partial charge in [-0.2, -0.15) is 26.3 Å². The van der Waals surface area contributed by atoms with E-state index in [-0.39, 0.29) is 42.9 Å². The Kier molecular flexibility index (Phi) is 10.0. The molecule has 14 heteroatoms. The molecule has 2 aliphatic rings. The largest absolute Gasteiger partial charge is 0.416 e. The molecule has 7 nitrogen and oxygen atoms in total. The van der Waals surface area contributed by atoms with Crippen molar-refractivity contribution in [2.75, 3.05) is 32.1 Å². The molecule has 0 spiro atoms. The van der Waals surface area contributed by atoms with Crippen LogP contribution in [-0.4, -0.2) is 66.9 Å². The lowest BCUT2D eigenvalue weighted by molar-refractivity contribution is -0.143. The molecule has 2 aromatic carbocycles. The van der Waals surface area contributed by atoms with Crippen molar-refractivity contribution in [1.82, 2.24) is 15.1 Å². The van der Waals surface area contributed by atoms with Gasteiger partial charge in [0.25, 0.3) is 0 Å². The van der Waals surface area contributed by atoms with Gasteiger partial charge in [-0.3, -0.25) is 14.5 Å². The number of nitrogens with one attached hydrogen (secondary N) is 1. The lowest BCUT2D eigenvalue weighted by atomic mass is 9.85. The summed E-state index contributed by atoms with van der Waals surface area (Å²) in [5.74, 6) is -1.54. The molecule has 0 unspecified atom stereocenters. The van der Waals surface area contributed by atoms with Gasteiger partial charge in [-0.25, -0.2) is 9.18 Å². The van der Waals surface area contributed by atoms with E-state index in [9.17, 15) is 45.1 Å². The average Bonchev–Trinajstić information content (AvgIpc) is 3.44. The highest BCUT2D eigenvalue weighted by atomic mass is 19.4. The molecule has 246 valence electrons. The van der Waals surface area contributed by atoms with Gasteiger partial charge in [0, 0.05) is 57.2 Å². The van der Waals surface area contributed by atoms with Gasteiger partial charge in [-0.15, -0.1) is 0 Å². The monoisotopic (exact) mass is 644 g/mol. The van der Waals surface area contributed by atoms with Crippen LogP contribution >= 0.6 is 0 Å². The number of hydrogen-bond donors (Lipinski definition) is 1. The Balaban J connectivity index is 1.57. The van der Waals surface area contributed by atoms with Gasteiger partial charge in [-0.05, 0) is 61.6 Å². The molecule has 2 aromatic rings. The first-order valence-corrected chi connectivity index (χ1v) is 14.6. The normalized spacial score (nSPS) is 22.2. The third-order valence-electron chi connectivity index (χ3n) is 8.71. The zero-order chi connectivity index (χ0) is 33.3. The molecule has 1 heterocycles. The summed E-state index contributed by atoms with van der Waals surface area (Å²) >= 11 is 0. The third-order valence-corrected chi connectivity index (χ3v) is 8.71. The minimum absolute atomic E-state index is 0.0121. The molecule has 2 fully saturated rings. The average molecular weight is 645 g/mol. The number of nitrogens with zero attached hydrogens (tertiary/aromatic N) is 3. The van der Waals surface area contributed by atoms with Crippen LogP contribution < -0.4 is 10.2 Å². The van der Waals surface area contributed by atoms with Crippen LogP contribution in [0, 0.1) is 11.7 Å². The van der Waals surface area contributed by atoms with Crippen molar-refractivity contribution in [3.63, 3.8) is 0 Å². The fraction of sp³-hybridized carbons (Fsp3) is 0.516. The maximum Gasteiger partial charge on any atom is 0.416 e. The van der Waals surface area contributed by atoms with Crippen molar-refractivity contribution in [2.24, 2.45) is 5.92 Å². The number of likely N-dealkylation sites (tertiary alicyclic amines) is 1. The Hall–Kier alpha value is -3.84. The Morgan fingerprint density at radius 3 is 1.93 bits per heavy atom. The van der Waals surface area contributed by atoms with E-state index in [4.69, 9.17) is 0 Å². The van der Waals surface area contributed by atoms with Crippen LogP contribution in [0.15, 0.2) is 42.5 Å². The molecule has 1 N–H and O–H groups in total. The van der Waals surface area contributed by atoms with E-state index in [0.29, 0.717) is 54.7 Å². The van der Waals surface area contributed by atoms with E-state index in [2.05, 4.69) is 5.32 Å². The number of halogens is 7. The number of carbonyl (C=O) groups excluding carboxylic acids is 3. The first-order valence-electron chi connectivity index (χ1n) is 14.6. The quantitative estimate of drug-likeness (QED) is 0.369. The number of amides is 4. The van der Waals surface area contributed by atoms with Crippen LogP contribution in [-0.2, 0) is 21.9 Å². The van der Waals surface area contributed by atoms with Crippen LogP contribution in [0.1, 0.15) is 61.6 Å². The summed E-state index contributed by atoms with van der Waals surface area (Å²) in [4.78, 5) is 42.5. The highest BCUT2D eigenvalue weighted by molar-refractivity contribution is 5.92. The van der Waals surface area contributed by atoms with Gasteiger partial charge in [0.05, 0.1) is 17.2 Å². The van der Waals surface area contributed by atoms with Crippen molar-refractivity contribution >= 4 is 23.5 Å². The standard InChI is InChI=1S/C31H35F7N4O3/c1-4-27(43)39-23-11-7-19(8-12-23)28(44)42-16-25(18-5-9-22(32)10-6-18)26(17-42)41(3)29(45)40(2)24-14-20(30(33,34)35)13-21(15-24)31(36,37)38/h5-6,9-10,13-15,19,23,25-26H,4,7-8,11-12,16-17H2,1-3H3,(H,39,43)/t19?,23?,25-,26+/m0/s1. The summed E-state index contributed by atoms with van der Waals surface area (Å²) < 4.78 is 94.6. The molecular weight excluding hydrogens is 609 g/mol. The highest BCUT2D eigenvalue weighted by Gasteiger charge is 2.43. The molecule has 1 saturated heterocycles. The van der Waals surface area contributed by atoms with Crippen LogP contribution in [0.3, 0.4) is 0 Å². The van der Waals surface area contributed by atoms with Crippen molar-refractivity contribution in [1.29, 1.82) is 0 Å². The number of hydrogen-bond acceptors (Lipinski definition) is 3. The zero-order valence-corrected chi connectivity index (χ0v) is 25.0. The van der Waals surface area contributed by atoms with E-state index in [1.165, 1.54) is 36.2 Å². The summed E-state index contributed by atoms with van der Waals surface area (Å²) in [6.45, 7) is 1.98. The Morgan fingerprint density at radius 2 is 1.42 bits per heavy atom. The topological polar surface area (TPSA) is 73.0 Å². The van der Waals surface area contributed by atoms with Gasteiger partial charge < -0.3 is 15.1 Å². The lowest BCUT2D eigenvalue weighted by Crippen LogP contribution is -2.48. The van der Waals surface area contributed by atoms with E-state index >= 15 is 0 Å². The van der Waals surface area contributed by atoms with Gasteiger partial charge >= 0.3 is 18.4 Å². The predicted octanol–water partition coefficient (Wildman–Crippen LogP) is 6.43. The van der Waals surface area contributed by atoms with Gasteiger partial charge in [0.1, 0.15) is 5.82 Å². The first-order chi connectivity index (χ1) is 21.0. The molecular formula is C31H35F7N4O3. The molecule has 0 aromatic heterocycles. The lowest BCUT2D eigenvalue weighted by Gasteiger charge is -2.33. The Labute approximate surface area is 256 Å². The van der Waals surface area contributed by atoms with E-state index < -0.39 is 53.0 Å². The zero-order valence-electron chi connectivity index (χ0n) is 25.0. The molecule has 45 heavy (non-hydrogen) atoms. The summed E-state index contributed by atoms with van der Waals surface area (Å²) in [7, 11) is 2.45. The van der Waals surface area contributed by atoms with Crippen molar-refractivity contribution < 1.29 is 45.1 Å². The molecule has 1 aliphatic carbocycles. The van der Waals surface area contributed by atoms with Crippen LogP contribution in [0.5, 0.6) is 0 Å². The first kappa shape index (κ1) is 34.0. The maximum absolute atomic E-state index is 13.7. The second-order valence-electron chi connectivity index (χ2n) is 11.7. The van der Waals surface area contributed by atoms with Crippen molar-refractivity contribution in [3.05, 3.63) is 65.0 Å². The molecule has 1 aliphatic heterocycles. The maximum atomic E-state index is 13.7. The third kappa shape index (κ3) is 7.88. The van der Waals surface area contributed by atoms with Crippen LogP contribution in [0.25, 0.3) is 0 Å². The van der Waals surface area contributed by atoms with E-state index in [0.717, 1.165) is 7.05 Å². The summed E-state index contributed by atoms with van der Waals surface area (Å²) in [6, 6.07) is 4.82. The SMILES string of the molecule is CCC(=O)NC1CCC(C(=O)N2C[C@@H](N(C)C(=O)N(C)c3cc(C(F)(F)F)cc(C(F)(F)F)c3)[C@H](c3ccc(F)cc3)C2)CC1. The van der Waals surface area contributed by atoms with E-state index in [1.54, 1.807) is 11.8 Å². The summed E-state index contributed by atoms with van der Waals surface area (Å²) in [6.07, 6.45) is -7.48. The predicted molar refractivity (Wildman–Crippen MR) is 152 cm³/mol. The van der Waals surface area contributed by atoms with E-state index in [1.807, 2.05) is 0 Å². The number of benzene rings is 2. The molecule has 4 amide bonds. The Morgan fingerprint density at radius 1 is 0.867 bits per heavy atom. The van der Waals surface area contributed by atoms with Crippen molar-refractivity contribution in [3.8, 4) is 0 Å². The smallest absolute Gasteiger partial charge is 0.353 e. The second kappa shape index (κ2) is 13.3. The summed E-state index contributed by atoms with van der Waals surface area (Å²) in [5.41, 5.74) is -3.10. The minimum atomic E-state index is -5.09. The van der Waals surface area contributed by atoms with Gasteiger partial charge in [-0.1, -0.05) is 19.1 Å². The number of alkyl halides is 6. The number of anilines is 1. The molecule has 0 bridgehead atoms. The van der Waals surface area contributed by atoms with Crippen molar-refractivity contribution in [2.45, 2.75) is 69.4 Å². The highest BCUT2D eigenvalue weighted by Crippen LogP contribution is 2.39. The van der Waals surface area contributed by atoms with Gasteiger partial charge in [0.2, 0.25) is 11.8 Å². The van der Waals surface area contributed by atoms with Gasteiger partial charge in [0.15, 0.2) is 0 Å². The minimum Gasteiger partial charge on any atom is -0.353 e. The second-order valence-corrected chi connectivity index (χ2v) is 11.7. The number of likely N-dealkylation sites (N-methyl/N-ethyl adjacent to an activating group) is 1. The molecule has 2 atom stereocenters. The number of rotatable bonds is 6. The fourth-order valence-electron chi connectivity index (χ4n) is 6.09. The van der Waals surface area contributed by atoms with Crippen LogP contribution in [0.2, 0.25) is 0 Å². The fourth-order valence-corrected chi connectivity index (χ4v) is 6.09. The molecule has 1 saturated carbocycles. The number of urea groups is 1. The molecule has 0 radical (unpaired) electrons. The molecule has 4 rings (SSSR count). The van der Waals surface area contributed by atoms with Crippen LogP contribution in [0.4, 0.5) is 41.2 Å². The Bertz CT molecular complexity index is 1360. The number of carbonyl (C=O) groups is 3. The summed E-state index contributed by atoms with van der Waals surface area (Å²) in [5, 5.41) is 2.94.